The minimum absolute atomic E-state index is 0.0911. The monoisotopic (exact) mass is 580 g/mol. The molecule has 0 radical (unpaired) electrons. The summed E-state index contributed by atoms with van der Waals surface area (Å²) in [5.74, 6) is -2.79. The maximum atomic E-state index is 14.2. The Hall–Kier alpha value is -1.50. The van der Waals surface area contributed by atoms with Gasteiger partial charge < -0.3 is 23.1 Å². The van der Waals surface area contributed by atoms with Gasteiger partial charge in [0.1, 0.15) is 0 Å². The zero-order chi connectivity index (χ0) is 29.3. The zero-order valence-corrected chi connectivity index (χ0v) is 27.5. The summed E-state index contributed by atoms with van der Waals surface area (Å²) >= 11 is 0. The molecule has 4 saturated carbocycles. The van der Waals surface area contributed by atoms with Gasteiger partial charge in [-0.05, 0) is 89.6 Å². The smallest absolute Gasteiger partial charge is 0.314 e. The van der Waals surface area contributed by atoms with Gasteiger partial charge in [0.2, 0.25) is 0 Å². The summed E-state index contributed by atoms with van der Waals surface area (Å²) in [6, 6.07) is 0. The molecule has 9 atom stereocenters. The van der Waals surface area contributed by atoms with E-state index in [4.69, 9.17) is 23.1 Å². The van der Waals surface area contributed by atoms with E-state index in [1.54, 1.807) is 0 Å². The lowest BCUT2D eigenvalue weighted by atomic mass is 9.51. The molecule has 0 N–H and O–H groups in total. The highest BCUT2D eigenvalue weighted by Gasteiger charge is 2.81. The maximum absolute atomic E-state index is 14.2. The molecule has 8 nitrogen and oxygen atoms in total. The summed E-state index contributed by atoms with van der Waals surface area (Å²) in [6.07, 6.45) is 2.25. The van der Waals surface area contributed by atoms with Crippen LogP contribution in [0.2, 0.25) is 39.3 Å². The standard InChI is InChI=1S/C29H48O8Si2/c1-17-15-28-16-18(17)19(36-38(6,7)8)14-20(28)29(26(32)35-5)13-12-21(37-39(9,10)11)27(2,25(31)34-4)23(29)22(28)24(30)33-3/h18-23H,1,12-16H2,2-11H3/t18-,19+,20?,21+,22-,23?,27?,28+,29-/m1/s1. The lowest BCUT2D eigenvalue weighted by Crippen LogP contribution is -2.62. The number of carbonyl (C=O) groups excluding carboxylic acids is 3. The van der Waals surface area contributed by atoms with E-state index in [0.29, 0.717) is 32.1 Å². The molecular weight excluding hydrogens is 532 g/mol. The summed E-state index contributed by atoms with van der Waals surface area (Å²) in [5, 5.41) is 0. The van der Waals surface area contributed by atoms with Gasteiger partial charge in [0.15, 0.2) is 16.6 Å². The first-order valence-electron chi connectivity index (χ1n) is 14.2. The highest BCUT2D eigenvalue weighted by molar-refractivity contribution is 6.70. The van der Waals surface area contributed by atoms with Crippen molar-refractivity contribution in [1.82, 2.24) is 0 Å². The highest BCUT2D eigenvalue weighted by atomic mass is 28.4. The lowest BCUT2D eigenvalue weighted by molar-refractivity contribution is -0.194. The average molecular weight is 581 g/mol. The number of methoxy groups -OCH3 is 3. The predicted molar refractivity (Wildman–Crippen MR) is 152 cm³/mol. The van der Waals surface area contributed by atoms with Crippen molar-refractivity contribution in [3.8, 4) is 0 Å². The predicted octanol–water partition coefficient (Wildman–Crippen LogP) is 4.95. The Kier molecular flexibility index (Phi) is 7.66. The van der Waals surface area contributed by atoms with Crippen LogP contribution in [0.15, 0.2) is 12.2 Å². The van der Waals surface area contributed by atoms with Gasteiger partial charge in [0.25, 0.3) is 0 Å². The van der Waals surface area contributed by atoms with Gasteiger partial charge in [0, 0.05) is 11.8 Å². The molecule has 4 fully saturated rings. The Bertz CT molecular complexity index is 1050. The van der Waals surface area contributed by atoms with E-state index in [1.807, 2.05) is 6.92 Å². The fourth-order valence-corrected chi connectivity index (χ4v) is 11.7. The summed E-state index contributed by atoms with van der Waals surface area (Å²) in [6.45, 7) is 19.1. The van der Waals surface area contributed by atoms with E-state index in [0.717, 1.165) is 5.57 Å². The Morgan fingerprint density at radius 3 is 2.00 bits per heavy atom. The van der Waals surface area contributed by atoms with Gasteiger partial charge >= 0.3 is 17.9 Å². The fraction of sp³-hybridized carbons (Fsp3) is 0.828. The van der Waals surface area contributed by atoms with Gasteiger partial charge in [0.05, 0.1) is 50.3 Å². The topological polar surface area (TPSA) is 97.4 Å². The van der Waals surface area contributed by atoms with E-state index < -0.39 is 62.8 Å². The number of ether oxygens (including phenoxy) is 3. The van der Waals surface area contributed by atoms with Crippen LogP contribution in [0.25, 0.3) is 0 Å². The van der Waals surface area contributed by atoms with Gasteiger partial charge in [-0.2, -0.15) is 0 Å². The zero-order valence-electron chi connectivity index (χ0n) is 25.5. The van der Waals surface area contributed by atoms with E-state index in [1.165, 1.54) is 21.3 Å². The largest absolute Gasteiger partial charge is 0.469 e. The number of fused-ring (bicyclic) bond motifs is 3. The molecule has 4 rings (SSSR count). The molecule has 4 aliphatic carbocycles. The van der Waals surface area contributed by atoms with Crippen LogP contribution in [-0.2, 0) is 37.4 Å². The van der Waals surface area contributed by atoms with Crippen molar-refractivity contribution in [3.63, 3.8) is 0 Å². The Morgan fingerprint density at radius 1 is 0.897 bits per heavy atom. The molecule has 0 amide bonds. The molecule has 0 aromatic carbocycles. The normalized spacial score (nSPS) is 41.4. The Morgan fingerprint density at radius 2 is 1.49 bits per heavy atom. The molecule has 2 bridgehead atoms. The van der Waals surface area contributed by atoms with Crippen LogP contribution < -0.4 is 0 Å². The van der Waals surface area contributed by atoms with Gasteiger partial charge in [-0.25, -0.2) is 0 Å². The molecule has 10 heteroatoms. The van der Waals surface area contributed by atoms with Gasteiger partial charge in [-0.15, -0.1) is 0 Å². The first-order chi connectivity index (χ1) is 17.9. The number of hydrogen-bond donors (Lipinski definition) is 0. The second-order valence-electron chi connectivity index (χ2n) is 14.5. The molecule has 39 heavy (non-hydrogen) atoms. The molecule has 3 unspecified atom stereocenters. The molecule has 0 aromatic rings. The van der Waals surface area contributed by atoms with Crippen LogP contribution in [0.3, 0.4) is 0 Å². The number of hydrogen-bond acceptors (Lipinski definition) is 8. The Balaban J connectivity index is 2.01. The quantitative estimate of drug-likeness (QED) is 0.181. The van der Waals surface area contributed by atoms with Crippen molar-refractivity contribution in [2.24, 2.45) is 39.9 Å². The molecular formula is C29H48O8Si2. The minimum atomic E-state index is -2.13. The second kappa shape index (κ2) is 9.81. The van der Waals surface area contributed by atoms with Crippen molar-refractivity contribution in [1.29, 1.82) is 0 Å². The van der Waals surface area contributed by atoms with Crippen LogP contribution in [0.5, 0.6) is 0 Å². The van der Waals surface area contributed by atoms with Crippen LogP contribution in [0.4, 0.5) is 0 Å². The number of rotatable bonds is 7. The van der Waals surface area contributed by atoms with Crippen molar-refractivity contribution >= 4 is 34.5 Å². The molecule has 220 valence electrons. The van der Waals surface area contributed by atoms with E-state index in [2.05, 4.69) is 45.9 Å². The van der Waals surface area contributed by atoms with Crippen molar-refractivity contribution in [2.75, 3.05) is 21.3 Å². The van der Waals surface area contributed by atoms with E-state index in [9.17, 15) is 14.4 Å². The SMILES string of the molecule is C=C1C[C@]23C[C@H]1[C@@H](O[Si](C)(C)C)CC2[C@]1(C(=O)OC)CC[C@H](O[Si](C)(C)C)C(C)(C(=O)OC)C1[C@@H]3C(=O)OC. The lowest BCUT2D eigenvalue weighted by Gasteiger charge is -2.54. The van der Waals surface area contributed by atoms with Crippen LogP contribution in [-0.4, -0.2) is 68.1 Å². The highest BCUT2D eigenvalue weighted by Crippen LogP contribution is 2.78. The molecule has 0 aliphatic heterocycles. The molecule has 4 aliphatic rings. The summed E-state index contributed by atoms with van der Waals surface area (Å²) in [4.78, 5) is 42.1. The average Bonchev–Trinajstić information content (AvgIpc) is 3.27. The Labute approximate surface area is 235 Å². The van der Waals surface area contributed by atoms with Gasteiger partial charge in [-0.3, -0.25) is 14.4 Å². The third-order valence-electron chi connectivity index (χ3n) is 10.2. The summed E-state index contributed by atoms with van der Waals surface area (Å²) in [5.41, 5.74) is -1.88. The number of esters is 3. The van der Waals surface area contributed by atoms with Gasteiger partial charge in [-0.1, -0.05) is 12.2 Å². The molecule has 0 heterocycles. The van der Waals surface area contributed by atoms with Crippen molar-refractivity contribution < 1.29 is 37.4 Å². The summed E-state index contributed by atoms with van der Waals surface area (Å²) in [7, 11) is 0.0962. The molecule has 0 aromatic heterocycles. The van der Waals surface area contributed by atoms with Crippen molar-refractivity contribution in [2.45, 2.75) is 90.5 Å². The van der Waals surface area contributed by atoms with Crippen LogP contribution in [0.1, 0.15) is 39.0 Å². The number of carbonyl (C=O) groups is 3. The van der Waals surface area contributed by atoms with Crippen molar-refractivity contribution in [3.05, 3.63) is 12.2 Å². The summed E-state index contributed by atoms with van der Waals surface area (Å²) < 4.78 is 30.0. The fourth-order valence-electron chi connectivity index (χ4n) is 9.30. The maximum Gasteiger partial charge on any atom is 0.314 e. The first kappa shape index (κ1) is 30.5. The van der Waals surface area contributed by atoms with E-state index >= 15 is 0 Å². The second-order valence-corrected chi connectivity index (χ2v) is 23.4. The van der Waals surface area contributed by atoms with E-state index in [-0.39, 0.29) is 23.9 Å². The third kappa shape index (κ3) is 4.48. The molecule has 0 saturated heterocycles. The molecule has 1 spiro atoms. The first-order valence-corrected chi connectivity index (χ1v) is 21.0. The van der Waals surface area contributed by atoms with Crippen LogP contribution in [0, 0.1) is 39.9 Å². The van der Waals surface area contributed by atoms with Crippen LogP contribution >= 0.6 is 0 Å². The third-order valence-corrected chi connectivity index (χ3v) is 12.2. The minimum Gasteiger partial charge on any atom is -0.469 e.